The Morgan fingerprint density at radius 2 is 1.85 bits per heavy atom. The standard InChI is InChI=1S/C15H13ClN2O2/c16-11-5-7-12(8-6-11)20-14-9-10-3-1-2-4-13(10)18(17)15(14)19/h1-8,14H,9,17H2. The largest absolute Gasteiger partial charge is 0.480 e. The first-order chi connectivity index (χ1) is 9.65. The molecule has 4 nitrogen and oxygen atoms in total. The molecule has 20 heavy (non-hydrogen) atoms. The molecule has 2 N–H and O–H groups in total. The van der Waals surface area contributed by atoms with Crippen LogP contribution in [0.5, 0.6) is 5.75 Å². The lowest BCUT2D eigenvalue weighted by Gasteiger charge is -2.30. The lowest BCUT2D eigenvalue weighted by Crippen LogP contribution is -2.50. The molecule has 2 aromatic rings. The van der Waals surface area contributed by atoms with Crippen LogP contribution in [0.3, 0.4) is 0 Å². The lowest BCUT2D eigenvalue weighted by atomic mass is 10.0. The summed E-state index contributed by atoms with van der Waals surface area (Å²) in [6, 6.07) is 14.4. The van der Waals surface area contributed by atoms with Gasteiger partial charge in [-0.1, -0.05) is 29.8 Å². The molecule has 0 radical (unpaired) electrons. The molecule has 1 heterocycles. The maximum atomic E-state index is 12.2. The third-order valence-corrected chi connectivity index (χ3v) is 3.51. The van der Waals surface area contributed by atoms with Crippen molar-refractivity contribution in [3.8, 4) is 5.75 Å². The number of nitrogens with zero attached hydrogens (tertiary/aromatic N) is 1. The first-order valence-corrected chi connectivity index (χ1v) is 6.62. The molecule has 0 saturated carbocycles. The van der Waals surface area contributed by atoms with Crippen LogP contribution in [0.1, 0.15) is 5.56 Å². The van der Waals surface area contributed by atoms with Crippen LogP contribution >= 0.6 is 11.6 Å². The van der Waals surface area contributed by atoms with E-state index in [1.165, 1.54) is 0 Å². The number of rotatable bonds is 2. The van der Waals surface area contributed by atoms with Crippen molar-refractivity contribution in [1.29, 1.82) is 0 Å². The van der Waals surface area contributed by atoms with Crippen molar-refractivity contribution in [2.24, 2.45) is 5.84 Å². The van der Waals surface area contributed by atoms with Crippen LogP contribution in [0.15, 0.2) is 48.5 Å². The SMILES string of the molecule is NN1C(=O)C(Oc2ccc(Cl)cc2)Cc2ccccc21. The summed E-state index contributed by atoms with van der Waals surface area (Å²) in [4.78, 5) is 12.2. The van der Waals surface area contributed by atoms with Gasteiger partial charge in [-0.25, -0.2) is 10.9 Å². The van der Waals surface area contributed by atoms with E-state index in [0.29, 0.717) is 17.2 Å². The molecule has 5 heteroatoms. The first-order valence-electron chi connectivity index (χ1n) is 6.24. The van der Waals surface area contributed by atoms with E-state index in [9.17, 15) is 4.79 Å². The van der Waals surface area contributed by atoms with E-state index in [4.69, 9.17) is 22.2 Å². The Bertz CT molecular complexity index is 643. The van der Waals surface area contributed by atoms with Gasteiger partial charge in [-0.05, 0) is 35.9 Å². The highest BCUT2D eigenvalue weighted by Crippen LogP contribution is 2.27. The van der Waals surface area contributed by atoms with Crippen molar-refractivity contribution < 1.29 is 9.53 Å². The molecule has 1 aliphatic heterocycles. The maximum Gasteiger partial charge on any atom is 0.282 e. The fourth-order valence-electron chi connectivity index (χ4n) is 2.25. The third-order valence-electron chi connectivity index (χ3n) is 3.26. The first kappa shape index (κ1) is 13.0. The maximum absolute atomic E-state index is 12.2. The number of para-hydroxylation sites is 1. The second-order valence-electron chi connectivity index (χ2n) is 4.60. The summed E-state index contributed by atoms with van der Waals surface area (Å²) in [5.74, 6) is 6.19. The average molecular weight is 289 g/mol. The Hall–Kier alpha value is -2.04. The molecule has 0 aliphatic carbocycles. The van der Waals surface area contributed by atoms with Crippen molar-refractivity contribution >= 4 is 23.2 Å². The van der Waals surface area contributed by atoms with E-state index in [2.05, 4.69) is 0 Å². The van der Waals surface area contributed by atoms with Gasteiger partial charge in [0.15, 0.2) is 6.10 Å². The summed E-state index contributed by atoms with van der Waals surface area (Å²) in [5, 5.41) is 1.78. The average Bonchev–Trinajstić information content (AvgIpc) is 2.47. The number of carbonyl (C=O) groups excluding carboxylic acids is 1. The highest BCUT2D eigenvalue weighted by molar-refractivity contribution is 6.30. The summed E-state index contributed by atoms with van der Waals surface area (Å²) in [7, 11) is 0. The lowest BCUT2D eigenvalue weighted by molar-refractivity contribution is -0.125. The molecule has 1 atom stereocenters. The fourth-order valence-corrected chi connectivity index (χ4v) is 2.37. The van der Waals surface area contributed by atoms with Crippen LogP contribution in [0, 0.1) is 0 Å². The minimum absolute atomic E-state index is 0.251. The van der Waals surface area contributed by atoms with Crippen LogP contribution in [0.2, 0.25) is 5.02 Å². The second-order valence-corrected chi connectivity index (χ2v) is 5.04. The Balaban J connectivity index is 1.85. The predicted octanol–water partition coefficient (Wildman–Crippen LogP) is 2.55. The van der Waals surface area contributed by atoms with Crippen molar-refractivity contribution in [1.82, 2.24) is 0 Å². The second kappa shape index (κ2) is 5.15. The number of hydrogen-bond donors (Lipinski definition) is 1. The summed E-state index contributed by atoms with van der Waals surface area (Å²) >= 11 is 5.82. The van der Waals surface area contributed by atoms with Gasteiger partial charge < -0.3 is 4.74 Å². The van der Waals surface area contributed by atoms with Gasteiger partial charge in [0, 0.05) is 11.4 Å². The normalized spacial score (nSPS) is 17.8. The van der Waals surface area contributed by atoms with Gasteiger partial charge >= 0.3 is 0 Å². The molecule has 0 saturated heterocycles. The minimum atomic E-state index is -0.615. The number of ether oxygens (including phenoxy) is 1. The number of benzene rings is 2. The van der Waals surface area contributed by atoms with Crippen molar-refractivity contribution in [2.45, 2.75) is 12.5 Å². The van der Waals surface area contributed by atoms with E-state index < -0.39 is 6.10 Å². The fraction of sp³-hybridized carbons (Fsp3) is 0.133. The van der Waals surface area contributed by atoms with Gasteiger partial charge in [0.25, 0.3) is 5.91 Å². The number of amides is 1. The summed E-state index contributed by atoms with van der Waals surface area (Å²) in [5.41, 5.74) is 1.72. The molecule has 0 aromatic heterocycles. The highest BCUT2D eigenvalue weighted by atomic mass is 35.5. The van der Waals surface area contributed by atoms with Gasteiger partial charge in [0.2, 0.25) is 0 Å². The number of nitrogens with two attached hydrogens (primary N) is 1. The molecule has 1 aliphatic rings. The molecular formula is C15H13ClN2O2. The van der Waals surface area contributed by atoms with E-state index in [1.807, 2.05) is 24.3 Å². The van der Waals surface area contributed by atoms with Crippen LogP contribution in [0.4, 0.5) is 5.69 Å². The number of halogens is 1. The van der Waals surface area contributed by atoms with Gasteiger partial charge in [0.05, 0.1) is 5.69 Å². The summed E-state index contributed by atoms with van der Waals surface area (Å²) in [6.07, 6.45) is -0.109. The zero-order chi connectivity index (χ0) is 14.1. The summed E-state index contributed by atoms with van der Waals surface area (Å²) in [6.45, 7) is 0. The quantitative estimate of drug-likeness (QED) is 0.682. The number of hydrogen-bond acceptors (Lipinski definition) is 3. The van der Waals surface area contributed by atoms with Crippen molar-refractivity contribution in [3.05, 3.63) is 59.1 Å². The third kappa shape index (κ3) is 2.35. The number of anilines is 1. The number of fused-ring (bicyclic) bond motifs is 1. The zero-order valence-electron chi connectivity index (χ0n) is 10.6. The van der Waals surface area contributed by atoms with Crippen LogP contribution < -0.4 is 15.6 Å². The molecule has 0 spiro atoms. The van der Waals surface area contributed by atoms with E-state index in [1.54, 1.807) is 24.3 Å². The topological polar surface area (TPSA) is 55.6 Å². The zero-order valence-corrected chi connectivity index (χ0v) is 11.4. The van der Waals surface area contributed by atoms with Gasteiger partial charge in [-0.3, -0.25) is 4.79 Å². The van der Waals surface area contributed by atoms with Gasteiger partial charge in [-0.2, -0.15) is 0 Å². The van der Waals surface area contributed by atoms with Crippen LogP contribution in [0.25, 0.3) is 0 Å². The molecule has 3 rings (SSSR count). The van der Waals surface area contributed by atoms with Gasteiger partial charge in [-0.15, -0.1) is 0 Å². The Kier molecular flexibility index (Phi) is 3.34. The van der Waals surface area contributed by atoms with Crippen molar-refractivity contribution in [3.63, 3.8) is 0 Å². The Morgan fingerprint density at radius 1 is 1.15 bits per heavy atom. The predicted molar refractivity (Wildman–Crippen MR) is 77.7 cm³/mol. The monoisotopic (exact) mass is 288 g/mol. The van der Waals surface area contributed by atoms with E-state index in [-0.39, 0.29) is 5.91 Å². The number of carbonyl (C=O) groups is 1. The van der Waals surface area contributed by atoms with Crippen molar-refractivity contribution in [2.75, 3.05) is 5.01 Å². The molecule has 0 fully saturated rings. The Labute approximate surface area is 121 Å². The number of hydrazine groups is 1. The summed E-state index contributed by atoms with van der Waals surface area (Å²) < 4.78 is 5.72. The van der Waals surface area contributed by atoms with Crippen LogP contribution in [-0.2, 0) is 11.2 Å². The Morgan fingerprint density at radius 3 is 2.60 bits per heavy atom. The molecule has 2 aromatic carbocycles. The smallest absolute Gasteiger partial charge is 0.282 e. The van der Waals surface area contributed by atoms with Gasteiger partial charge in [0.1, 0.15) is 5.75 Å². The minimum Gasteiger partial charge on any atom is -0.480 e. The van der Waals surface area contributed by atoms with Crippen LogP contribution in [-0.4, -0.2) is 12.0 Å². The molecule has 0 bridgehead atoms. The van der Waals surface area contributed by atoms with E-state index in [0.717, 1.165) is 16.3 Å². The highest BCUT2D eigenvalue weighted by Gasteiger charge is 2.32. The molecular weight excluding hydrogens is 276 g/mol. The molecule has 1 unspecified atom stereocenters. The van der Waals surface area contributed by atoms with E-state index >= 15 is 0 Å². The molecule has 102 valence electrons. The molecule has 1 amide bonds.